The molecule has 0 radical (unpaired) electrons. The molecule has 2 amide bonds. The Labute approximate surface area is 151 Å². The van der Waals surface area contributed by atoms with Crippen LogP contribution in [0.5, 0.6) is 5.75 Å². The second kappa shape index (κ2) is 10.2. The Balaban J connectivity index is 1.80. The molecular weight excluding hydrogens is 338 g/mol. The van der Waals surface area contributed by atoms with Crippen molar-refractivity contribution in [2.24, 2.45) is 0 Å². The van der Waals surface area contributed by atoms with Gasteiger partial charge in [-0.1, -0.05) is 12.1 Å². The maximum Gasteiger partial charge on any atom is 0.273 e. The summed E-state index contributed by atoms with van der Waals surface area (Å²) in [4.78, 5) is 23.2. The number of nitrogens with zero attached hydrogens (tertiary/aromatic N) is 1. The summed E-state index contributed by atoms with van der Waals surface area (Å²) >= 11 is 0. The highest BCUT2D eigenvalue weighted by Gasteiger charge is 2.12. The highest BCUT2D eigenvalue weighted by Crippen LogP contribution is 2.17. The van der Waals surface area contributed by atoms with Gasteiger partial charge in [0.15, 0.2) is 11.5 Å². The summed E-state index contributed by atoms with van der Waals surface area (Å²) in [6.07, 6.45) is 1.15. The van der Waals surface area contributed by atoms with Crippen LogP contribution in [0.4, 0.5) is 5.69 Å². The second-order valence-corrected chi connectivity index (χ2v) is 5.50. The molecule has 0 saturated carbocycles. The summed E-state index contributed by atoms with van der Waals surface area (Å²) in [5, 5.41) is 9.23. The third-order valence-corrected chi connectivity index (χ3v) is 3.44. The van der Waals surface area contributed by atoms with Gasteiger partial charge in [-0.15, -0.1) is 0 Å². The molecule has 2 N–H and O–H groups in total. The van der Waals surface area contributed by atoms with Crippen LogP contribution in [0, 0.1) is 0 Å². The first kappa shape index (κ1) is 19.5. The van der Waals surface area contributed by atoms with E-state index in [-0.39, 0.29) is 24.1 Å². The number of ether oxygens (including phenoxy) is 2. The van der Waals surface area contributed by atoms with Crippen LogP contribution < -0.4 is 15.4 Å². The molecule has 2 rings (SSSR count). The average molecular weight is 361 g/mol. The maximum atomic E-state index is 11.9. The van der Waals surface area contributed by atoms with Gasteiger partial charge in [-0.25, -0.2) is 0 Å². The van der Waals surface area contributed by atoms with Gasteiger partial charge in [-0.2, -0.15) is 0 Å². The lowest BCUT2D eigenvalue weighted by molar-refractivity contribution is -0.115. The van der Waals surface area contributed by atoms with Crippen molar-refractivity contribution in [1.29, 1.82) is 0 Å². The van der Waals surface area contributed by atoms with Crippen LogP contribution in [-0.2, 0) is 16.1 Å². The average Bonchev–Trinajstić information content (AvgIpc) is 3.13. The van der Waals surface area contributed by atoms with Gasteiger partial charge in [-0.3, -0.25) is 9.59 Å². The lowest BCUT2D eigenvalue weighted by Gasteiger charge is -2.06. The summed E-state index contributed by atoms with van der Waals surface area (Å²) in [5.74, 6) is 0.706. The topological polar surface area (TPSA) is 103 Å². The highest BCUT2D eigenvalue weighted by molar-refractivity contribution is 5.92. The minimum Gasteiger partial charge on any atom is -0.486 e. The zero-order valence-corrected chi connectivity index (χ0v) is 14.9. The van der Waals surface area contributed by atoms with E-state index >= 15 is 0 Å². The number of carbonyl (C=O) groups excluding carboxylic acids is 2. The van der Waals surface area contributed by atoms with E-state index in [1.165, 1.54) is 0 Å². The van der Waals surface area contributed by atoms with Crippen molar-refractivity contribution in [1.82, 2.24) is 10.5 Å². The third kappa shape index (κ3) is 6.21. The Morgan fingerprint density at radius 2 is 2.00 bits per heavy atom. The summed E-state index contributed by atoms with van der Waals surface area (Å²) < 4.78 is 15.6. The fourth-order valence-corrected chi connectivity index (χ4v) is 2.04. The number of aromatic nitrogens is 1. The molecule has 1 heterocycles. The van der Waals surface area contributed by atoms with Crippen LogP contribution in [0.15, 0.2) is 34.9 Å². The Morgan fingerprint density at radius 1 is 1.23 bits per heavy atom. The number of benzene rings is 1. The molecule has 0 atom stereocenters. The minimum atomic E-state index is -0.299. The van der Waals surface area contributed by atoms with Crippen LogP contribution in [0.1, 0.15) is 36.0 Å². The van der Waals surface area contributed by atoms with E-state index in [1.54, 1.807) is 44.4 Å². The van der Waals surface area contributed by atoms with Gasteiger partial charge in [0.1, 0.15) is 12.4 Å². The molecule has 1 aromatic heterocycles. The second-order valence-electron chi connectivity index (χ2n) is 5.50. The zero-order valence-electron chi connectivity index (χ0n) is 14.9. The summed E-state index contributed by atoms with van der Waals surface area (Å²) in [6, 6.07) is 8.53. The van der Waals surface area contributed by atoms with Crippen LogP contribution in [0.25, 0.3) is 0 Å². The number of rotatable bonds is 10. The van der Waals surface area contributed by atoms with Crippen molar-refractivity contribution in [3.05, 3.63) is 41.8 Å². The molecule has 0 unspecified atom stereocenters. The Hall–Kier alpha value is -2.87. The SMILES string of the molecule is CCC(=O)Nc1ccc(OCc2cc(C(=O)NCCCOC)no2)cc1. The predicted octanol–water partition coefficient (Wildman–Crippen LogP) is 2.37. The number of methoxy groups -OCH3 is 1. The predicted molar refractivity (Wildman–Crippen MR) is 95.0 cm³/mol. The van der Waals surface area contributed by atoms with Crippen molar-refractivity contribution in [2.75, 3.05) is 25.6 Å². The van der Waals surface area contributed by atoms with Crippen molar-refractivity contribution in [2.45, 2.75) is 26.4 Å². The molecule has 0 aliphatic heterocycles. The van der Waals surface area contributed by atoms with Gasteiger partial charge >= 0.3 is 0 Å². The molecule has 0 spiro atoms. The molecular formula is C18H23N3O5. The molecule has 8 nitrogen and oxygen atoms in total. The molecule has 0 aliphatic rings. The maximum absolute atomic E-state index is 11.9. The lowest BCUT2D eigenvalue weighted by Crippen LogP contribution is -2.25. The minimum absolute atomic E-state index is 0.0478. The van der Waals surface area contributed by atoms with Gasteiger partial charge in [0.25, 0.3) is 5.91 Å². The van der Waals surface area contributed by atoms with Crippen molar-refractivity contribution < 1.29 is 23.6 Å². The third-order valence-electron chi connectivity index (χ3n) is 3.44. The van der Waals surface area contributed by atoms with Gasteiger partial charge in [0, 0.05) is 38.4 Å². The number of nitrogens with one attached hydrogen (secondary N) is 2. The Kier molecular flexibility index (Phi) is 7.63. The van der Waals surface area contributed by atoms with Gasteiger partial charge < -0.3 is 24.6 Å². The van der Waals surface area contributed by atoms with Crippen LogP contribution in [0.3, 0.4) is 0 Å². The Morgan fingerprint density at radius 3 is 2.69 bits per heavy atom. The first-order chi connectivity index (χ1) is 12.6. The molecule has 26 heavy (non-hydrogen) atoms. The monoisotopic (exact) mass is 361 g/mol. The Bertz CT molecular complexity index is 712. The lowest BCUT2D eigenvalue weighted by atomic mass is 10.3. The number of hydrogen-bond acceptors (Lipinski definition) is 6. The number of amides is 2. The fraction of sp³-hybridized carbons (Fsp3) is 0.389. The zero-order chi connectivity index (χ0) is 18.8. The van der Waals surface area contributed by atoms with Crippen LogP contribution in [0.2, 0.25) is 0 Å². The van der Waals surface area contributed by atoms with Gasteiger partial charge in [0.2, 0.25) is 5.91 Å². The molecule has 0 saturated heterocycles. The van der Waals surface area contributed by atoms with E-state index in [9.17, 15) is 9.59 Å². The molecule has 140 valence electrons. The van der Waals surface area contributed by atoms with E-state index in [4.69, 9.17) is 14.0 Å². The quantitative estimate of drug-likeness (QED) is 0.630. The highest BCUT2D eigenvalue weighted by atomic mass is 16.5. The molecule has 1 aromatic carbocycles. The largest absolute Gasteiger partial charge is 0.486 e. The van der Waals surface area contributed by atoms with E-state index in [0.717, 1.165) is 6.42 Å². The summed E-state index contributed by atoms with van der Waals surface area (Å²) in [7, 11) is 1.61. The molecule has 0 bridgehead atoms. The smallest absolute Gasteiger partial charge is 0.273 e. The summed E-state index contributed by atoms with van der Waals surface area (Å²) in [6.45, 7) is 3.02. The summed E-state index contributed by atoms with van der Waals surface area (Å²) in [5.41, 5.74) is 0.912. The van der Waals surface area contributed by atoms with E-state index in [0.29, 0.717) is 36.8 Å². The van der Waals surface area contributed by atoms with Crippen molar-refractivity contribution in [3.8, 4) is 5.75 Å². The van der Waals surface area contributed by atoms with Crippen LogP contribution >= 0.6 is 0 Å². The van der Waals surface area contributed by atoms with E-state index in [2.05, 4.69) is 15.8 Å². The van der Waals surface area contributed by atoms with E-state index in [1.807, 2.05) is 0 Å². The number of hydrogen-bond donors (Lipinski definition) is 2. The normalized spacial score (nSPS) is 10.4. The van der Waals surface area contributed by atoms with Gasteiger partial charge in [0.05, 0.1) is 0 Å². The van der Waals surface area contributed by atoms with Crippen LogP contribution in [-0.4, -0.2) is 37.2 Å². The number of anilines is 1. The fourth-order valence-electron chi connectivity index (χ4n) is 2.04. The van der Waals surface area contributed by atoms with Gasteiger partial charge in [-0.05, 0) is 30.7 Å². The standard InChI is InChI=1S/C18H23N3O5/c1-3-17(22)20-13-5-7-14(8-6-13)25-12-15-11-16(21-26-15)18(23)19-9-4-10-24-2/h5-8,11H,3-4,9-10,12H2,1-2H3,(H,19,23)(H,20,22). The first-order valence-electron chi connectivity index (χ1n) is 8.37. The molecule has 0 fully saturated rings. The first-order valence-corrected chi connectivity index (χ1v) is 8.37. The molecule has 8 heteroatoms. The van der Waals surface area contributed by atoms with E-state index < -0.39 is 0 Å². The van der Waals surface area contributed by atoms with Crippen molar-refractivity contribution in [3.63, 3.8) is 0 Å². The molecule has 2 aromatic rings. The molecule has 0 aliphatic carbocycles. The van der Waals surface area contributed by atoms with Crippen molar-refractivity contribution >= 4 is 17.5 Å². The number of carbonyl (C=O) groups is 2.